The minimum Gasteiger partial charge on any atom is -0.419 e. The van der Waals surface area contributed by atoms with E-state index in [0.717, 1.165) is 0 Å². The Labute approximate surface area is 92.2 Å². The van der Waals surface area contributed by atoms with Crippen molar-refractivity contribution in [3.63, 3.8) is 0 Å². The maximum Gasteiger partial charge on any atom is 0.330 e. The molecule has 0 aliphatic rings. The van der Waals surface area contributed by atoms with Gasteiger partial charge in [-0.15, -0.1) is 0 Å². The van der Waals surface area contributed by atoms with E-state index in [9.17, 15) is 27.2 Å². The van der Waals surface area contributed by atoms with Crippen molar-refractivity contribution in [3.8, 4) is 5.75 Å². The first kappa shape index (κ1) is 12.9. The molecule has 0 heterocycles. The number of ether oxygens (including phenoxy) is 1. The average Bonchev–Trinajstić information content (AvgIpc) is 2.29. The Morgan fingerprint density at radius 1 is 1.24 bits per heavy atom. The highest BCUT2D eigenvalue weighted by molar-refractivity contribution is 5.76. The lowest BCUT2D eigenvalue weighted by atomic mass is 10.3. The van der Waals surface area contributed by atoms with Crippen molar-refractivity contribution in [3.05, 3.63) is 29.3 Å². The zero-order valence-corrected chi connectivity index (χ0v) is 8.10. The van der Waals surface area contributed by atoms with E-state index in [1.165, 1.54) is 0 Å². The molecule has 8 heteroatoms. The summed E-state index contributed by atoms with van der Waals surface area (Å²) in [5.74, 6) is -9.82. The van der Waals surface area contributed by atoms with Gasteiger partial charge in [0.2, 0.25) is 23.8 Å². The maximum absolute atomic E-state index is 13.0. The number of hydrogen-bond donors (Lipinski definition) is 1. The quantitative estimate of drug-likeness (QED) is 0.284. The molecular weight excluding hydrogens is 246 g/mol. The molecule has 0 saturated carbocycles. The molecule has 4 nitrogen and oxygen atoms in total. The summed E-state index contributed by atoms with van der Waals surface area (Å²) in [5.41, 5.74) is 0. The largest absolute Gasteiger partial charge is 0.419 e. The van der Waals surface area contributed by atoms with Crippen LogP contribution in [-0.2, 0) is 9.59 Å². The highest BCUT2D eigenvalue weighted by Crippen LogP contribution is 2.26. The lowest BCUT2D eigenvalue weighted by Gasteiger charge is -2.07. The fraction of sp³-hybridized carbons (Fsp3) is 0.111. The summed E-state index contributed by atoms with van der Waals surface area (Å²) in [6, 6.07) is -0.0221. The van der Waals surface area contributed by atoms with Crippen LogP contribution < -0.4 is 10.1 Å². The fourth-order valence-corrected chi connectivity index (χ4v) is 0.916. The predicted molar refractivity (Wildman–Crippen MR) is 46.0 cm³/mol. The summed E-state index contributed by atoms with van der Waals surface area (Å²) < 4.78 is 55.4. The maximum atomic E-state index is 13.0. The number of benzene rings is 1. The van der Waals surface area contributed by atoms with Gasteiger partial charge < -0.3 is 10.1 Å². The first-order valence-corrected chi connectivity index (χ1v) is 4.18. The van der Waals surface area contributed by atoms with Gasteiger partial charge in [-0.1, -0.05) is 0 Å². The van der Waals surface area contributed by atoms with Gasteiger partial charge in [0.15, 0.2) is 11.6 Å². The van der Waals surface area contributed by atoms with Crippen molar-refractivity contribution in [2.75, 3.05) is 6.54 Å². The Hall–Kier alpha value is -2.12. The number of halogens is 4. The molecule has 0 radical (unpaired) electrons. The van der Waals surface area contributed by atoms with Crippen molar-refractivity contribution in [2.24, 2.45) is 0 Å². The number of amides is 1. The zero-order valence-electron chi connectivity index (χ0n) is 8.10. The van der Waals surface area contributed by atoms with Crippen molar-refractivity contribution < 1.29 is 31.9 Å². The molecule has 1 rings (SSSR count). The van der Waals surface area contributed by atoms with Crippen LogP contribution in [-0.4, -0.2) is 18.9 Å². The SMILES string of the molecule is O=CNCC(=O)Oc1c(F)c(F)cc(F)c1F. The number of esters is 1. The standard InChI is InChI=1S/C9H5F4NO3/c10-4-1-5(11)8(13)9(7(4)12)17-6(16)2-14-3-15/h1,3H,2H2,(H,14,15). The molecule has 0 aliphatic carbocycles. The van der Waals surface area contributed by atoms with Gasteiger partial charge in [-0.3, -0.25) is 4.79 Å². The van der Waals surface area contributed by atoms with E-state index in [-0.39, 0.29) is 12.5 Å². The van der Waals surface area contributed by atoms with Gasteiger partial charge in [0, 0.05) is 6.07 Å². The summed E-state index contributed by atoms with van der Waals surface area (Å²) in [4.78, 5) is 20.7. The van der Waals surface area contributed by atoms with Crippen molar-refractivity contribution in [1.82, 2.24) is 5.32 Å². The summed E-state index contributed by atoms with van der Waals surface area (Å²) in [6.07, 6.45) is 0.139. The Morgan fingerprint density at radius 2 is 1.76 bits per heavy atom. The molecule has 1 N–H and O–H groups in total. The van der Waals surface area contributed by atoms with Gasteiger partial charge >= 0.3 is 5.97 Å². The molecular formula is C9H5F4NO3. The van der Waals surface area contributed by atoms with Crippen LogP contribution in [0.4, 0.5) is 17.6 Å². The molecule has 0 fully saturated rings. The molecule has 1 amide bonds. The summed E-state index contributed by atoms with van der Waals surface area (Å²) in [5, 5.41) is 1.85. The predicted octanol–water partition coefficient (Wildman–Crippen LogP) is 0.894. The summed E-state index contributed by atoms with van der Waals surface area (Å²) >= 11 is 0. The van der Waals surface area contributed by atoms with Crippen LogP contribution in [0.5, 0.6) is 5.75 Å². The van der Waals surface area contributed by atoms with Gasteiger partial charge in [-0.2, -0.15) is 8.78 Å². The third-order valence-electron chi connectivity index (χ3n) is 1.62. The van der Waals surface area contributed by atoms with E-state index in [1.54, 1.807) is 0 Å². The number of rotatable bonds is 4. The summed E-state index contributed by atoms with van der Waals surface area (Å²) in [7, 11) is 0. The van der Waals surface area contributed by atoms with E-state index in [2.05, 4.69) is 4.74 Å². The average molecular weight is 251 g/mol. The van der Waals surface area contributed by atoms with Crippen molar-refractivity contribution in [1.29, 1.82) is 0 Å². The second-order valence-corrected chi connectivity index (χ2v) is 2.77. The van der Waals surface area contributed by atoms with Crippen LogP contribution in [0.25, 0.3) is 0 Å². The first-order valence-electron chi connectivity index (χ1n) is 4.18. The molecule has 1 aromatic carbocycles. The van der Waals surface area contributed by atoms with Crippen LogP contribution >= 0.6 is 0 Å². The van der Waals surface area contributed by atoms with E-state index in [4.69, 9.17) is 0 Å². The van der Waals surface area contributed by atoms with Crippen LogP contribution in [0.2, 0.25) is 0 Å². The van der Waals surface area contributed by atoms with Gasteiger partial charge in [0.25, 0.3) is 0 Å². The molecule has 0 spiro atoms. The zero-order chi connectivity index (χ0) is 13.0. The molecule has 0 aromatic heterocycles. The van der Waals surface area contributed by atoms with Crippen molar-refractivity contribution in [2.45, 2.75) is 0 Å². The molecule has 0 atom stereocenters. The third-order valence-corrected chi connectivity index (χ3v) is 1.62. The highest BCUT2D eigenvalue weighted by atomic mass is 19.2. The minimum absolute atomic E-state index is 0.0221. The lowest BCUT2D eigenvalue weighted by Crippen LogP contribution is -2.26. The van der Waals surface area contributed by atoms with Gasteiger partial charge in [-0.05, 0) is 0 Å². The van der Waals surface area contributed by atoms with Gasteiger partial charge in [-0.25, -0.2) is 13.6 Å². The minimum atomic E-state index is -1.83. The van der Waals surface area contributed by atoms with Crippen LogP contribution in [0.15, 0.2) is 6.07 Å². The second kappa shape index (κ2) is 5.28. The van der Waals surface area contributed by atoms with Gasteiger partial charge in [0.05, 0.1) is 0 Å². The molecule has 0 unspecified atom stereocenters. The molecule has 1 aromatic rings. The Bertz CT molecular complexity index is 438. The molecule has 17 heavy (non-hydrogen) atoms. The molecule has 0 saturated heterocycles. The first-order chi connectivity index (χ1) is 7.97. The van der Waals surface area contributed by atoms with E-state index in [1.807, 2.05) is 5.32 Å². The topological polar surface area (TPSA) is 55.4 Å². The number of hydrogen-bond acceptors (Lipinski definition) is 3. The fourth-order valence-electron chi connectivity index (χ4n) is 0.916. The van der Waals surface area contributed by atoms with Crippen LogP contribution in [0.1, 0.15) is 0 Å². The number of carbonyl (C=O) groups is 2. The van der Waals surface area contributed by atoms with E-state index in [0.29, 0.717) is 0 Å². The van der Waals surface area contributed by atoms with Crippen LogP contribution in [0, 0.1) is 23.3 Å². The number of carbonyl (C=O) groups excluding carboxylic acids is 2. The van der Waals surface area contributed by atoms with Crippen molar-refractivity contribution >= 4 is 12.4 Å². The smallest absolute Gasteiger partial charge is 0.330 e. The normalized spacial score (nSPS) is 9.88. The Balaban J connectivity index is 2.97. The lowest BCUT2D eigenvalue weighted by molar-refractivity contribution is -0.134. The Kier molecular flexibility index (Phi) is 4.02. The third kappa shape index (κ3) is 2.92. The van der Waals surface area contributed by atoms with Gasteiger partial charge in [0.1, 0.15) is 6.54 Å². The number of nitrogens with one attached hydrogen (secondary N) is 1. The van der Waals surface area contributed by atoms with Crippen LogP contribution in [0.3, 0.4) is 0 Å². The Morgan fingerprint density at radius 3 is 2.24 bits per heavy atom. The highest BCUT2D eigenvalue weighted by Gasteiger charge is 2.22. The molecule has 92 valence electrons. The monoisotopic (exact) mass is 251 g/mol. The second-order valence-electron chi connectivity index (χ2n) is 2.77. The van der Waals surface area contributed by atoms with E-state index >= 15 is 0 Å². The summed E-state index contributed by atoms with van der Waals surface area (Å²) in [6.45, 7) is -0.694. The van der Waals surface area contributed by atoms with E-state index < -0.39 is 41.5 Å². The molecule has 0 bridgehead atoms. The molecule has 0 aliphatic heterocycles.